The lowest BCUT2D eigenvalue weighted by Gasteiger charge is -2.26. The van der Waals surface area contributed by atoms with Crippen LogP contribution in [0.1, 0.15) is 16.7 Å². The molecule has 198 valence electrons. The Balaban J connectivity index is 1.53. The van der Waals surface area contributed by atoms with E-state index in [4.69, 9.17) is 26.4 Å². The molecule has 7 nitrogen and oxygen atoms in total. The molecule has 0 aliphatic carbocycles. The second kappa shape index (κ2) is 12.4. The molecular weight excluding hydrogens is 505 g/mol. The van der Waals surface area contributed by atoms with E-state index in [1.54, 1.807) is 39.5 Å². The van der Waals surface area contributed by atoms with Gasteiger partial charge >= 0.3 is 0 Å². The summed E-state index contributed by atoms with van der Waals surface area (Å²) < 4.78 is 29.5. The van der Waals surface area contributed by atoms with E-state index < -0.39 is 0 Å². The van der Waals surface area contributed by atoms with Crippen molar-refractivity contribution in [1.29, 1.82) is 0 Å². The summed E-state index contributed by atoms with van der Waals surface area (Å²) in [6.45, 7) is 1.24. The van der Waals surface area contributed by atoms with Gasteiger partial charge in [0.1, 0.15) is 11.6 Å². The number of aromatic amines is 1. The Kier molecular flexibility index (Phi) is 8.81. The van der Waals surface area contributed by atoms with Gasteiger partial charge in [-0.1, -0.05) is 18.2 Å². The van der Waals surface area contributed by atoms with E-state index in [2.05, 4.69) is 10.3 Å². The predicted molar refractivity (Wildman–Crippen MR) is 151 cm³/mol. The summed E-state index contributed by atoms with van der Waals surface area (Å²) in [5.74, 6) is 1.72. The van der Waals surface area contributed by atoms with Gasteiger partial charge < -0.3 is 29.4 Å². The Morgan fingerprint density at radius 3 is 2.34 bits per heavy atom. The highest BCUT2D eigenvalue weighted by Crippen LogP contribution is 2.27. The molecule has 0 saturated carbocycles. The minimum absolute atomic E-state index is 0.195. The molecule has 3 aromatic carbocycles. The fourth-order valence-corrected chi connectivity index (χ4v) is 4.38. The molecule has 0 bridgehead atoms. The molecule has 1 heterocycles. The second-order valence-electron chi connectivity index (χ2n) is 8.73. The van der Waals surface area contributed by atoms with Gasteiger partial charge in [0.2, 0.25) is 0 Å². The van der Waals surface area contributed by atoms with Gasteiger partial charge in [0.05, 0.1) is 27.9 Å². The van der Waals surface area contributed by atoms with Crippen LogP contribution in [0.5, 0.6) is 17.2 Å². The third-order valence-electron chi connectivity index (χ3n) is 6.20. The molecule has 4 aromatic rings. The largest absolute Gasteiger partial charge is 0.497 e. The number of hydrogen-bond acceptors (Lipinski definition) is 5. The Morgan fingerprint density at radius 1 is 0.895 bits per heavy atom. The lowest BCUT2D eigenvalue weighted by atomic mass is 10.1. The maximum atomic E-state index is 13.5. The van der Waals surface area contributed by atoms with Crippen LogP contribution in [0.3, 0.4) is 0 Å². The van der Waals surface area contributed by atoms with Crippen molar-refractivity contribution in [2.45, 2.75) is 19.5 Å². The maximum absolute atomic E-state index is 13.5. The summed E-state index contributed by atoms with van der Waals surface area (Å²) in [5, 5.41) is 4.64. The lowest BCUT2D eigenvalue weighted by Crippen LogP contribution is -2.40. The maximum Gasteiger partial charge on any atom is 0.253 e. The highest BCUT2D eigenvalue weighted by atomic mass is 32.1. The number of halogens is 1. The van der Waals surface area contributed by atoms with E-state index in [1.807, 2.05) is 41.3 Å². The highest BCUT2D eigenvalue weighted by molar-refractivity contribution is 7.80. The first-order valence-corrected chi connectivity index (χ1v) is 12.5. The molecule has 0 aliphatic heterocycles. The van der Waals surface area contributed by atoms with E-state index in [0.717, 1.165) is 22.0 Å². The number of hydrogen-bond donors (Lipinski definition) is 2. The fraction of sp³-hybridized carbons (Fsp3) is 0.241. The van der Waals surface area contributed by atoms with Crippen molar-refractivity contribution in [3.63, 3.8) is 0 Å². The van der Waals surface area contributed by atoms with Gasteiger partial charge in [-0.2, -0.15) is 0 Å². The first kappa shape index (κ1) is 26.9. The molecular formula is C29H30FN3O4S. The zero-order chi connectivity index (χ0) is 27.1. The first-order chi connectivity index (χ1) is 18.4. The van der Waals surface area contributed by atoms with Gasteiger partial charge in [-0.15, -0.1) is 0 Å². The van der Waals surface area contributed by atoms with Crippen LogP contribution in [0.2, 0.25) is 0 Å². The van der Waals surface area contributed by atoms with Crippen LogP contribution < -0.4 is 25.1 Å². The van der Waals surface area contributed by atoms with E-state index >= 15 is 0 Å². The van der Waals surface area contributed by atoms with Crippen molar-refractivity contribution in [2.75, 3.05) is 27.9 Å². The minimum atomic E-state index is -0.309. The minimum Gasteiger partial charge on any atom is -0.497 e. The van der Waals surface area contributed by atoms with Crippen molar-refractivity contribution in [3.05, 3.63) is 99.6 Å². The number of pyridine rings is 1. The topological polar surface area (TPSA) is 75.8 Å². The zero-order valence-corrected chi connectivity index (χ0v) is 22.4. The third-order valence-corrected chi connectivity index (χ3v) is 6.60. The van der Waals surface area contributed by atoms with Crippen molar-refractivity contribution in [3.8, 4) is 17.2 Å². The molecule has 0 spiro atoms. The predicted octanol–water partition coefficient (Wildman–Crippen LogP) is 4.81. The Morgan fingerprint density at radius 2 is 1.63 bits per heavy atom. The van der Waals surface area contributed by atoms with Crippen molar-refractivity contribution in [1.82, 2.24) is 15.2 Å². The molecule has 38 heavy (non-hydrogen) atoms. The van der Waals surface area contributed by atoms with Gasteiger partial charge in [0.15, 0.2) is 16.6 Å². The number of nitrogens with zero attached hydrogens (tertiary/aromatic N) is 1. The number of fused-ring (bicyclic) bond motifs is 1. The van der Waals surface area contributed by atoms with Gasteiger partial charge in [-0.3, -0.25) is 4.79 Å². The van der Waals surface area contributed by atoms with Crippen LogP contribution in [-0.2, 0) is 19.5 Å². The molecule has 4 rings (SSSR count). The fourth-order valence-electron chi connectivity index (χ4n) is 4.15. The molecule has 0 radical (unpaired) electrons. The van der Waals surface area contributed by atoms with Crippen LogP contribution in [-0.4, -0.2) is 42.9 Å². The summed E-state index contributed by atoms with van der Waals surface area (Å²) in [6.07, 6.45) is 0.696. The number of benzene rings is 3. The van der Waals surface area contributed by atoms with Crippen molar-refractivity contribution in [2.24, 2.45) is 0 Å². The number of rotatable bonds is 10. The Labute approximate surface area is 226 Å². The Hall–Kier alpha value is -4.11. The molecule has 9 heteroatoms. The molecule has 0 fully saturated rings. The zero-order valence-electron chi connectivity index (χ0n) is 21.5. The summed E-state index contributed by atoms with van der Waals surface area (Å²) in [5.41, 5.74) is 3.01. The highest BCUT2D eigenvalue weighted by Gasteiger charge is 2.15. The SMILES string of the molecule is COc1ccc2[nH]c(=O)c(CN(Cc3ccc(F)cc3)C(=S)NCCc3ccc(OC)c(OC)c3)cc2c1. The number of methoxy groups -OCH3 is 3. The van der Waals surface area contributed by atoms with Gasteiger partial charge in [-0.25, -0.2) is 4.39 Å². The molecule has 0 saturated heterocycles. The normalized spacial score (nSPS) is 10.7. The second-order valence-corrected chi connectivity index (χ2v) is 9.12. The summed E-state index contributed by atoms with van der Waals surface area (Å²) in [7, 11) is 4.81. The van der Waals surface area contributed by atoms with E-state index in [9.17, 15) is 9.18 Å². The standard InChI is InChI=1S/C29H30FN3O4S/c1-35-24-9-10-25-21(16-24)15-22(28(34)32-25)18-33(17-20-4-7-23(30)8-5-20)29(38)31-13-12-19-6-11-26(36-2)27(14-19)37-3/h4-11,14-16H,12-13,17-18H2,1-3H3,(H,31,38)(H,32,34). The van der Waals surface area contributed by atoms with E-state index in [0.29, 0.717) is 47.4 Å². The summed E-state index contributed by atoms with van der Waals surface area (Å²) >= 11 is 5.75. The number of ether oxygens (including phenoxy) is 3. The summed E-state index contributed by atoms with van der Waals surface area (Å²) in [6, 6.07) is 19.4. The molecule has 0 amide bonds. The number of aromatic nitrogens is 1. The van der Waals surface area contributed by atoms with Crippen LogP contribution in [0.15, 0.2) is 71.5 Å². The number of thiocarbonyl (C=S) groups is 1. The average Bonchev–Trinajstić information content (AvgIpc) is 2.93. The van der Waals surface area contributed by atoms with Crippen LogP contribution in [0.4, 0.5) is 4.39 Å². The van der Waals surface area contributed by atoms with Gasteiger partial charge in [0.25, 0.3) is 5.56 Å². The number of nitrogens with one attached hydrogen (secondary N) is 2. The van der Waals surface area contributed by atoms with Crippen LogP contribution in [0, 0.1) is 5.82 Å². The molecule has 0 atom stereocenters. The Bertz CT molecular complexity index is 1470. The third kappa shape index (κ3) is 6.60. The lowest BCUT2D eigenvalue weighted by molar-refractivity contribution is 0.354. The molecule has 2 N–H and O–H groups in total. The molecule has 0 aliphatic rings. The smallest absolute Gasteiger partial charge is 0.253 e. The quantitative estimate of drug-likeness (QED) is 0.282. The van der Waals surface area contributed by atoms with Crippen molar-refractivity contribution < 1.29 is 18.6 Å². The first-order valence-electron chi connectivity index (χ1n) is 12.1. The van der Waals surface area contributed by atoms with Crippen LogP contribution in [0.25, 0.3) is 10.9 Å². The number of H-pyrrole nitrogens is 1. The molecule has 0 unspecified atom stereocenters. The summed E-state index contributed by atoms with van der Waals surface area (Å²) in [4.78, 5) is 17.7. The molecule has 1 aromatic heterocycles. The average molecular weight is 536 g/mol. The van der Waals surface area contributed by atoms with Crippen molar-refractivity contribution >= 4 is 28.2 Å². The van der Waals surface area contributed by atoms with E-state index in [-0.39, 0.29) is 17.9 Å². The van der Waals surface area contributed by atoms with Crippen LogP contribution >= 0.6 is 12.2 Å². The van der Waals surface area contributed by atoms with E-state index in [1.165, 1.54) is 12.1 Å². The monoisotopic (exact) mass is 535 g/mol. The van der Waals surface area contributed by atoms with Gasteiger partial charge in [0, 0.05) is 29.6 Å². The van der Waals surface area contributed by atoms with Gasteiger partial charge in [-0.05, 0) is 78.3 Å².